The lowest BCUT2D eigenvalue weighted by Crippen LogP contribution is -2.25. The minimum Gasteiger partial charge on any atom is -0.304 e. The normalized spacial score (nSPS) is 12.8. The molecular formula is C14H22N4S. The molecule has 2 aromatic heterocycles. The monoisotopic (exact) mass is 278 g/mol. The number of thiophene rings is 1. The second-order valence-corrected chi connectivity index (χ2v) is 5.68. The highest BCUT2D eigenvalue weighted by molar-refractivity contribution is 7.10. The van der Waals surface area contributed by atoms with Crippen molar-refractivity contribution >= 4 is 11.3 Å². The quantitative estimate of drug-likeness (QED) is 0.846. The lowest BCUT2D eigenvalue weighted by atomic mass is 10.1. The van der Waals surface area contributed by atoms with Crippen LogP contribution in [0.3, 0.4) is 0 Å². The number of nitrogens with zero attached hydrogens (tertiary/aromatic N) is 3. The van der Waals surface area contributed by atoms with Gasteiger partial charge in [-0.25, -0.2) is 4.68 Å². The first-order chi connectivity index (χ1) is 9.27. The van der Waals surface area contributed by atoms with Crippen LogP contribution < -0.4 is 5.32 Å². The Balaban J connectivity index is 2.31. The summed E-state index contributed by atoms with van der Waals surface area (Å²) in [5, 5.41) is 14.1. The Morgan fingerprint density at radius 3 is 2.84 bits per heavy atom. The summed E-state index contributed by atoms with van der Waals surface area (Å²) in [6, 6.07) is 2.38. The number of rotatable bonds is 7. The average Bonchev–Trinajstić information content (AvgIpc) is 3.01. The second-order valence-electron chi connectivity index (χ2n) is 4.74. The van der Waals surface area contributed by atoms with Crippen molar-refractivity contribution in [3.8, 4) is 0 Å². The molecule has 1 atom stereocenters. The van der Waals surface area contributed by atoms with Gasteiger partial charge in [0.2, 0.25) is 0 Å². The third-order valence-corrected chi connectivity index (χ3v) is 4.22. The molecule has 0 spiro atoms. The maximum atomic E-state index is 4.21. The van der Waals surface area contributed by atoms with Crippen molar-refractivity contribution in [1.29, 1.82) is 0 Å². The van der Waals surface area contributed by atoms with Gasteiger partial charge in [0, 0.05) is 11.4 Å². The number of hydrogen-bond acceptors (Lipinski definition) is 4. The second kappa shape index (κ2) is 6.82. The van der Waals surface area contributed by atoms with Gasteiger partial charge in [-0.05, 0) is 43.3 Å². The zero-order chi connectivity index (χ0) is 13.7. The highest BCUT2D eigenvalue weighted by atomic mass is 32.1. The Bertz CT molecular complexity index is 503. The summed E-state index contributed by atoms with van der Waals surface area (Å²) < 4.78 is 2.02. The van der Waals surface area contributed by atoms with E-state index in [1.54, 1.807) is 11.3 Å². The summed E-state index contributed by atoms with van der Waals surface area (Å²) >= 11 is 1.80. The number of aryl methyl sites for hydroxylation is 2. The third kappa shape index (κ3) is 3.22. The third-order valence-electron chi connectivity index (χ3n) is 3.14. The summed E-state index contributed by atoms with van der Waals surface area (Å²) in [7, 11) is 0. The van der Waals surface area contributed by atoms with Gasteiger partial charge < -0.3 is 5.32 Å². The lowest BCUT2D eigenvalue weighted by molar-refractivity contribution is 0.507. The number of aromatic nitrogens is 3. The van der Waals surface area contributed by atoms with Crippen LogP contribution in [0.2, 0.25) is 0 Å². The fourth-order valence-electron chi connectivity index (χ4n) is 2.18. The fourth-order valence-corrected chi connectivity index (χ4v) is 3.19. The van der Waals surface area contributed by atoms with E-state index in [2.05, 4.69) is 47.8 Å². The van der Waals surface area contributed by atoms with E-state index in [0.29, 0.717) is 0 Å². The Labute approximate surface area is 118 Å². The summed E-state index contributed by atoms with van der Waals surface area (Å²) in [5.41, 5.74) is 2.50. The van der Waals surface area contributed by atoms with Crippen LogP contribution in [0.5, 0.6) is 0 Å². The highest BCUT2D eigenvalue weighted by Gasteiger charge is 2.21. The average molecular weight is 278 g/mol. The van der Waals surface area contributed by atoms with Crippen LogP contribution in [0.1, 0.15) is 48.9 Å². The zero-order valence-electron chi connectivity index (χ0n) is 11.9. The van der Waals surface area contributed by atoms with Crippen molar-refractivity contribution < 1.29 is 0 Å². The smallest absolute Gasteiger partial charge is 0.0861 e. The van der Waals surface area contributed by atoms with Gasteiger partial charge in [-0.15, -0.1) is 16.4 Å². The SMILES string of the molecule is CCCNC(c1sccc1C)c1cnnn1CCC. The number of hydrogen-bond donors (Lipinski definition) is 1. The van der Waals surface area contributed by atoms with Crippen LogP contribution in [-0.2, 0) is 6.54 Å². The first-order valence-electron chi connectivity index (χ1n) is 6.93. The molecule has 4 nitrogen and oxygen atoms in total. The van der Waals surface area contributed by atoms with Gasteiger partial charge >= 0.3 is 0 Å². The lowest BCUT2D eigenvalue weighted by Gasteiger charge is -2.19. The summed E-state index contributed by atoms with van der Waals surface area (Å²) in [5.74, 6) is 0. The van der Waals surface area contributed by atoms with Gasteiger partial charge in [-0.2, -0.15) is 0 Å². The van der Waals surface area contributed by atoms with E-state index in [1.807, 2.05) is 10.9 Å². The molecule has 2 rings (SSSR count). The van der Waals surface area contributed by atoms with Crippen molar-refractivity contribution in [3.05, 3.63) is 33.8 Å². The molecule has 0 aromatic carbocycles. The maximum Gasteiger partial charge on any atom is 0.0861 e. The van der Waals surface area contributed by atoms with Crippen molar-refractivity contribution in [2.24, 2.45) is 0 Å². The van der Waals surface area contributed by atoms with Crippen LogP contribution in [0.15, 0.2) is 17.6 Å². The van der Waals surface area contributed by atoms with Crippen molar-refractivity contribution in [3.63, 3.8) is 0 Å². The fraction of sp³-hybridized carbons (Fsp3) is 0.571. The first-order valence-corrected chi connectivity index (χ1v) is 7.81. The van der Waals surface area contributed by atoms with E-state index < -0.39 is 0 Å². The van der Waals surface area contributed by atoms with E-state index in [4.69, 9.17) is 0 Å². The Morgan fingerprint density at radius 2 is 2.21 bits per heavy atom. The van der Waals surface area contributed by atoms with E-state index in [-0.39, 0.29) is 6.04 Å². The van der Waals surface area contributed by atoms with E-state index >= 15 is 0 Å². The molecule has 1 unspecified atom stereocenters. The molecule has 0 aliphatic carbocycles. The molecule has 2 heterocycles. The molecule has 104 valence electrons. The van der Waals surface area contributed by atoms with Crippen molar-refractivity contribution in [2.75, 3.05) is 6.54 Å². The predicted molar refractivity (Wildman–Crippen MR) is 79.5 cm³/mol. The van der Waals surface area contributed by atoms with Crippen LogP contribution >= 0.6 is 11.3 Å². The molecule has 5 heteroatoms. The van der Waals surface area contributed by atoms with Crippen molar-refractivity contribution in [1.82, 2.24) is 20.3 Å². The van der Waals surface area contributed by atoms with Gasteiger partial charge in [0.15, 0.2) is 0 Å². The topological polar surface area (TPSA) is 42.7 Å². The Kier molecular flexibility index (Phi) is 5.10. The molecule has 0 saturated carbocycles. The van der Waals surface area contributed by atoms with Crippen molar-refractivity contribution in [2.45, 2.75) is 46.2 Å². The van der Waals surface area contributed by atoms with E-state index in [1.165, 1.54) is 16.1 Å². The van der Waals surface area contributed by atoms with Gasteiger partial charge in [-0.3, -0.25) is 0 Å². The molecule has 2 aromatic rings. The first kappa shape index (κ1) is 14.2. The van der Waals surface area contributed by atoms with Crippen LogP contribution in [0, 0.1) is 6.92 Å². The molecule has 0 aliphatic rings. The molecule has 0 fully saturated rings. The molecule has 0 radical (unpaired) electrons. The van der Waals surface area contributed by atoms with Gasteiger partial charge in [-0.1, -0.05) is 19.1 Å². The molecule has 0 saturated heterocycles. The predicted octanol–water partition coefficient (Wildman–Crippen LogP) is 3.15. The minimum absolute atomic E-state index is 0.210. The Morgan fingerprint density at radius 1 is 1.37 bits per heavy atom. The molecule has 0 amide bonds. The van der Waals surface area contributed by atoms with Gasteiger partial charge in [0.1, 0.15) is 0 Å². The molecule has 1 N–H and O–H groups in total. The molecule has 0 aliphatic heterocycles. The summed E-state index contributed by atoms with van der Waals surface area (Å²) in [6.07, 6.45) is 4.08. The molecule has 19 heavy (non-hydrogen) atoms. The largest absolute Gasteiger partial charge is 0.304 e. The van der Waals surface area contributed by atoms with Crippen LogP contribution in [0.25, 0.3) is 0 Å². The zero-order valence-corrected chi connectivity index (χ0v) is 12.7. The molecule has 0 bridgehead atoms. The van der Waals surface area contributed by atoms with Crippen LogP contribution in [0.4, 0.5) is 0 Å². The van der Waals surface area contributed by atoms with Crippen LogP contribution in [-0.4, -0.2) is 21.5 Å². The molecular weight excluding hydrogens is 256 g/mol. The van der Waals surface area contributed by atoms with Gasteiger partial charge in [0.05, 0.1) is 17.9 Å². The standard InChI is InChI=1S/C14H22N4S/c1-4-7-15-13(14-11(3)6-9-19-14)12-10-16-17-18(12)8-5-2/h6,9-10,13,15H,4-5,7-8H2,1-3H3. The van der Waals surface area contributed by atoms with Gasteiger partial charge in [0.25, 0.3) is 0 Å². The highest BCUT2D eigenvalue weighted by Crippen LogP contribution is 2.29. The summed E-state index contributed by atoms with van der Waals surface area (Å²) in [4.78, 5) is 1.37. The maximum absolute atomic E-state index is 4.21. The minimum atomic E-state index is 0.210. The number of nitrogens with one attached hydrogen (secondary N) is 1. The summed E-state index contributed by atoms with van der Waals surface area (Å²) in [6.45, 7) is 8.44. The van der Waals surface area contributed by atoms with E-state index in [9.17, 15) is 0 Å². The Hall–Kier alpha value is -1.20. The van der Waals surface area contributed by atoms with E-state index in [0.717, 1.165) is 25.9 Å².